The molecule has 0 aliphatic carbocycles. The number of ether oxygens (including phenoxy) is 1. The van der Waals surface area contributed by atoms with Crippen molar-refractivity contribution in [3.8, 4) is 11.5 Å². The van der Waals surface area contributed by atoms with Crippen molar-refractivity contribution in [2.75, 3.05) is 11.9 Å². The molecule has 126 valence electrons. The van der Waals surface area contributed by atoms with Gasteiger partial charge in [0, 0.05) is 5.69 Å². The first kappa shape index (κ1) is 16.6. The summed E-state index contributed by atoms with van der Waals surface area (Å²) in [6.45, 7) is 2.44. The highest BCUT2D eigenvalue weighted by Gasteiger charge is 2.15. The number of aromatic hydroxyl groups is 1. The minimum absolute atomic E-state index is 0.0393. The molecule has 0 atom stereocenters. The summed E-state index contributed by atoms with van der Waals surface area (Å²) in [5.41, 5.74) is 0.905. The van der Waals surface area contributed by atoms with E-state index in [1.807, 2.05) is 43.3 Å². The number of benzene rings is 3. The van der Waals surface area contributed by atoms with Gasteiger partial charge in [0.15, 0.2) is 0 Å². The van der Waals surface area contributed by atoms with Gasteiger partial charge in [0.05, 0.1) is 5.56 Å². The van der Waals surface area contributed by atoms with Crippen molar-refractivity contribution in [3.63, 3.8) is 0 Å². The van der Waals surface area contributed by atoms with Gasteiger partial charge in [0.1, 0.15) is 18.1 Å². The molecule has 0 saturated carbocycles. The van der Waals surface area contributed by atoms with E-state index in [1.165, 1.54) is 6.07 Å². The molecule has 0 aliphatic rings. The number of rotatable bonds is 5. The van der Waals surface area contributed by atoms with E-state index in [-0.39, 0.29) is 17.2 Å². The maximum Gasteiger partial charge on any atom is 0.260 e. The second-order valence-electron chi connectivity index (χ2n) is 5.54. The minimum atomic E-state index is -0.350. The van der Waals surface area contributed by atoms with Crippen LogP contribution in [0.3, 0.4) is 0 Å². The lowest BCUT2D eigenvalue weighted by Crippen LogP contribution is -2.12. The zero-order valence-electron chi connectivity index (χ0n) is 13.9. The van der Waals surface area contributed by atoms with Crippen LogP contribution in [0.5, 0.6) is 11.5 Å². The van der Waals surface area contributed by atoms with Crippen LogP contribution < -0.4 is 10.1 Å². The third-order valence-corrected chi connectivity index (χ3v) is 3.83. The topological polar surface area (TPSA) is 58.6 Å². The van der Waals surface area contributed by atoms with E-state index in [0.29, 0.717) is 17.7 Å². The molecule has 0 bridgehead atoms. The van der Waals surface area contributed by atoms with Crippen molar-refractivity contribution in [1.29, 1.82) is 0 Å². The molecule has 0 heterocycles. The SMILES string of the molecule is C/C=C/COc1ccc(NC(=O)c2c(O)ccc3ccccc23)cc1. The third-order valence-electron chi connectivity index (χ3n) is 3.83. The van der Waals surface area contributed by atoms with Crippen LogP contribution in [0.4, 0.5) is 5.69 Å². The molecule has 4 nitrogen and oxygen atoms in total. The quantitative estimate of drug-likeness (QED) is 0.662. The van der Waals surface area contributed by atoms with E-state index in [9.17, 15) is 9.90 Å². The van der Waals surface area contributed by atoms with Gasteiger partial charge in [-0.15, -0.1) is 0 Å². The van der Waals surface area contributed by atoms with Gasteiger partial charge >= 0.3 is 0 Å². The van der Waals surface area contributed by atoms with Crippen molar-refractivity contribution in [2.24, 2.45) is 0 Å². The summed E-state index contributed by atoms with van der Waals surface area (Å²) in [5, 5.41) is 14.6. The first-order valence-corrected chi connectivity index (χ1v) is 8.05. The highest BCUT2D eigenvalue weighted by atomic mass is 16.5. The number of allylic oxidation sites excluding steroid dienone is 1. The van der Waals surface area contributed by atoms with Gasteiger partial charge in [-0.25, -0.2) is 0 Å². The Bertz CT molecular complexity index is 914. The van der Waals surface area contributed by atoms with Crippen molar-refractivity contribution in [1.82, 2.24) is 0 Å². The molecule has 0 spiro atoms. The highest BCUT2D eigenvalue weighted by molar-refractivity contribution is 6.14. The number of carbonyl (C=O) groups excluding carboxylic acids is 1. The van der Waals surface area contributed by atoms with E-state index >= 15 is 0 Å². The van der Waals surface area contributed by atoms with Gasteiger partial charge in [0.25, 0.3) is 5.91 Å². The zero-order valence-corrected chi connectivity index (χ0v) is 13.9. The van der Waals surface area contributed by atoms with Crippen molar-refractivity contribution < 1.29 is 14.6 Å². The maximum absolute atomic E-state index is 12.6. The monoisotopic (exact) mass is 333 g/mol. The van der Waals surface area contributed by atoms with E-state index in [2.05, 4.69) is 5.32 Å². The second-order valence-corrected chi connectivity index (χ2v) is 5.54. The molecule has 1 amide bonds. The molecule has 0 saturated heterocycles. The van der Waals surface area contributed by atoms with Crippen molar-refractivity contribution in [3.05, 3.63) is 78.4 Å². The number of nitrogens with one attached hydrogen (secondary N) is 1. The molecule has 0 fully saturated rings. The second kappa shape index (κ2) is 7.53. The fourth-order valence-electron chi connectivity index (χ4n) is 2.57. The Morgan fingerprint density at radius 3 is 2.60 bits per heavy atom. The molecular formula is C21H19NO3. The highest BCUT2D eigenvalue weighted by Crippen LogP contribution is 2.28. The minimum Gasteiger partial charge on any atom is -0.507 e. The van der Waals surface area contributed by atoms with Gasteiger partial charge in [-0.05, 0) is 48.0 Å². The number of hydrogen-bond acceptors (Lipinski definition) is 3. The number of phenolic OH excluding ortho intramolecular Hbond substituents is 1. The molecule has 25 heavy (non-hydrogen) atoms. The lowest BCUT2D eigenvalue weighted by atomic mass is 10.0. The molecule has 3 rings (SSSR count). The van der Waals surface area contributed by atoms with Gasteiger partial charge in [-0.3, -0.25) is 4.79 Å². The molecule has 3 aromatic carbocycles. The Morgan fingerprint density at radius 2 is 1.84 bits per heavy atom. The summed E-state index contributed by atoms with van der Waals surface area (Å²) in [6, 6.07) is 17.9. The van der Waals surface area contributed by atoms with E-state index in [0.717, 1.165) is 11.1 Å². The van der Waals surface area contributed by atoms with E-state index in [1.54, 1.807) is 30.3 Å². The Morgan fingerprint density at radius 1 is 1.08 bits per heavy atom. The summed E-state index contributed by atoms with van der Waals surface area (Å²) >= 11 is 0. The molecule has 3 aromatic rings. The predicted octanol–water partition coefficient (Wildman–Crippen LogP) is 4.75. The van der Waals surface area contributed by atoms with Gasteiger partial charge < -0.3 is 15.2 Å². The van der Waals surface area contributed by atoms with Gasteiger partial charge in [0.2, 0.25) is 0 Å². The van der Waals surface area contributed by atoms with Crippen LogP contribution >= 0.6 is 0 Å². The molecule has 0 radical (unpaired) electrons. The molecule has 0 aliphatic heterocycles. The number of phenols is 1. The number of carbonyl (C=O) groups is 1. The first-order valence-electron chi connectivity index (χ1n) is 8.05. The van der Waals surface area contributed by atoms with E-state index in [4.69, 9.17) is 4.74 Å². The predicted molar refractivity (Wildman–Crippen MR) is 100 cm³/mol. The molecule has 0 aromatic heterocycles. The van der Waals surface area contributed by atoms with Crippen LogP contribution in [-0.4, -0.2) is 17.6 Å². The summed E-state index contributed by atoms with van der Waals surface area (Å²) in [5.74, 6) is 0.337. The van der Waals surface area contributed by atoms with Gasteiger partial charge in [-0.1, -0.05) is 42.5 Å². The van der Waals surface area contributed by atoms with Crippen LogP contribution in [0.2, 0.25) is 0 Å². The molecule has 0 unspecified atom stereocenters. The standard InChI is InChI=1S/C21H19NO3/c1-2-3-14-25-17-11-9-16(10-12-17)22-21(24)20-18-7-5-4-6-15(18)8-13-19(20)23/h2-13,23H,14H2,1H3,(H,22,24)/b3-2+. The average Bonchev–Trinajstić information content (AvgIpc) is 2.63. The smallest absolute Gasteiger partial charge is 0.260 e. The number of anilines is 1. The fourth-order valence-corrected chi connectivity index (χ4v) is 2.57. The Balaban J connectivity index is 1.80. The van der Waals surface area contributed by atoms with Crippen LogP contribution in [0.15, 0.2) is 72.8 Å². The summed E-state index contributed by atoms with van der Waals surface area (Å²) < 4.78 is 5.53. The van der Waals surface area contributed by atoms with Crippen molar-refractivity contribution in [2.45, 2.75) is 6.92 Å². The van der Waals surface area contributed by atoms with Crippen LogP contribution in [0.1, 0.15) is 17.3 Å². The summed E-state index contributed by atoms with van der Waals surface area (Å²) in [6.07, 6.45) is 3.84. The summed E-state index contributed by atoms with van der Waals surface area (Å²) in [7, 11) is 0. The number of hydrogen-bond donors (Lipinski definition) is 2. The Kier molecular flexibility index (Phi) is 5.00. The number of amides is 1. The van der Waals surface area contributed by atoms with Crippen LogP contribution in [0.25, 0.3) is 10.8 Å². The normalized spacial score (nSPS) is 10.9. The van der Waals surface area contributed by atoms with Crippen LogP contribution in [-0.2, 0) is 0 Å². The largest absolute Gasteiger partial charge is 0.507 e. The lowest BCUT2D eigenvalue weighted by Gasteiger charge is -2.11. The molecular weight excluding hydrogens is 314 g/mol. The van der Waals surface area contributed by atoms with Gasteiger partial charge in [-0.2, -0.15) is 0 Å². The number of fused-ring (bicyclic) bond motifs is 1. The summed E-state index contributed by atoms with van der Waals surface area (Å²) in [4.78, 5) is 12.6. The third kappa shape index (κ3) is 3.80. The lowest BCUT2D eigenvalue weighted by molar-refractivity contribution is 0.102. The van der Waals surface area contributed by atoms with Crippen molar-refractivity contribution >= 4 is 22.4 Å². The Labute approximate surface area is 146 Å². The van der Waals surface area contributed by atoms with Crippen LogP contribution in [0, 0.1) is 0 Å². The zero-order chi connectivity index (χ0) is 17.6. The Hall–Kier alpha value is -3.27. The fraction of sp³-hybridized carbons (Fsp3) is 0.0952. The average molecular weight is 333 g/mol. The molecule has 4 heteroatoms. The molecule has 2 N–H and O–H groups in total. The maximum atomic E-state index is 12.6. The first-order chi connectivity index (χ1) is 12.2. The van der Waals surface area contributed by atoms with E-state index < -0.39 is 0 Å².